The summed E-state index contributed by atoms with van der Waals surface area (Å²) in [5.74, 6) is -1.87. The van der Waals surface area contributed by atoms with Crippen LogP contribution in [0.15, 0.2) is 23.1 Å². The van der Waals surface area contributed by atoms with Crippen LogP contribution in [0.2, 0.25) is 0 Å². The highest BCUT2D eigenvalue weighted by atomic mass is 32.2. The molecule has 12 heteroatoms. The van der Waals surface area contributed by atoms with Crippen molar-refractivity contribution in [2.75, 3.05) is 13.2 Å². The third-order valence-corrected chi connectivity index (χ3v) is 8.50. The molecule has 2 aliphatic heterocycles. The number of unbranched alkanes of at least 4 members (excludes halogenated alkanes) is 4. The molecule has 0 aromatic heterocycles. The van der Waals surface area contributed by atoms with E-state index in [0.29, 0.717) is 56.7 Å². The van der Waals surface area contributed by atoms with E-state index in [0.717, 1.165) is 29.8 Å². The summed E-state index contributed by atoms with van der Waals surface area (Å²) >= 11 is 0. The highest BCUT2D eigenvalue weighted by molar-refractivity contribution is 7.85. The minimum absolute atomic E-state index is 0.0436. The van der Waals surface area contributed by atoms with E-state index in [1.165, 1.54) is 12.1 Å². The topological polar surface area (TPSA) is 150 Å². The molecule has 0 N–H and O–H groups in total. The van der Waals surface area contributed by atoms with Gasteiger partial charge in [0.15, 0.2) is 5.71 Å². The number of hydrogen-bond acceptors (Lipinski definition) is 9. The molecule has 1 saturated heterocycles. The summed E-state index contributed by atoms with van der Waals surface area (Å²) in [7, 11) is -4.63. The van der Waals surface area contributed by atoms with Crippen LogP contribution >= 0.6 is 0 Å². The van der Waals surface area contributed by atoms with Gasteiger partial charge in [0.1, 0.15) is 16.7 Å². The predicted molar refractivity (Wildman–Crippen MR) is 143 cm³/mol. The van der Waals surface area contributed by atoms with E-state index in [4.69, 9.17) is 9.57 Å². The first-order chi connectivity index (χ1) is 18.9. The van der Waals surface area contributed by atoms with Gasteiger partial charge in [0.05, 0.1) is 16.9 Å². The smallest absolute Gasteiger partial charge is 0.333 e. The van der Waals surface area contributed by atoms with Crippen molar-refractivity contribution in [2.24, 2.45) is 0 Å². The number of hydrogen-bond donors (Lipinski definition) is 0. The molecular formula is C28H38N2O9S. The summed E-state index contributed by atoms with van der Waals surface area (Å²) in [6.45, 7) is 6.85. The van der Waals surface area contributed by atoms with Gasteiger partial charge in [0, 0.05) is 50.7 Å². The summed E-state index contributed by atoms with van der Waals surface area (Å²) in [4.78, 5) is 51.6. The second kappa shape index (κ2) is 13.5. The van der Waals surface area contributed by atoms with E-state index in [1.807, 2.05) is 13.8 Å². The summed E-state index contributed by atoms with van der Waals surface area (Å²) < 4.78 is 42.5. The first-order valence-electron chi connectivity index (χ1n) is 13.8. The molecule has 0 radical (unpaired) electrons. The molecule has 0 bridgehead atoms. The quantitative estimate of drug-likeness (QED) is 0.0999. The van der Waals surface area contributed by atoms with Crippen LogP contribution in [0.1, 0.15) is 97.0 Å². The third-order valence-electron chi connectivity index (χ3n) is 7.67. The second-order valence-corrected chi connectivity index (χ2v) is 11.8. The molecule has 2 heterocycles. The zero-order chi connectivity index (χ0) is 29.5. The lowest BCUT2D eigenvalue weighted by molar-refractivity contribution is -0.439. The number of hydroxylamine groups is 2. The van der Waals surface area contributed by atoms with Crippen LogP contribution in [-0.4, -0.2) is 65.2 Å². The van der Waals surface area contributed by atoms with Gasteiger partial charge < -0.3 is 14.1 Å². The largest absolute Gasteiger partial charge is 0.744 e. The van der Waals surface area contributed by atoms with Gasteiger partial charge in [-0.2, -0.15) is 4.58 Å². The van der Waals surface area contributed by atoms with E-state index in [2.05, 4.69) is 4.58 Å². The molecule has 1 fully saturated rings. The van der Waals surface area contributed by atoms with Crippen molar-refractivity contribution in [2.45, 2.75) is 102 Å². The Labute approximate surface area is 235 Å². The van der Waals surface area contributed by atoms with Crippen LogP contribution in [0.3, 0.4) is 0 Å². The lowest BCUT2D eigenvalue weighted by Gasteiger charge is -2.23. The maximum atomic E-state index is 12.1. The predicted octanol–water partition coefficient (Wildman–Crippen LogP) is 3.65. The zero-order valence-electron chi connectivity index (χ0n) is 23.4. The molecule has 3 rings (SSSR count). The van der Waals surface area contributed by atoms with Crippen molar-refractivity contribution in [3.8, 4) is 0 Å². The fraction of sp³-hybridized carbons (Fsp3) is 0.607. The van der Waals surface area contributed by atoms with Crippen LogP contribution in [0.4, 0.5) is 5.69 Å². The summed E-state index contributed by atoms with van der Waals surface area (Å²) in [5, 5.41) is 0.546. The van der Waals surface area contributed by atoms with Gasteiger partial charge >= 0.3 is 11.9 Å². The Morgan fingerprint density at radius 1 is 1.00 bits per heavy atom. The van der Waals surface area contributed by atoms with Crippen molar-refractivity contribution in [3.63, 3.8) is 0 Å². The van der Waals surface area contributed by atoms with Gasteiger partial charge in [0.25, 0.3) is 11.8 Å². The van der Waals surface area contributed by atoms with Crippen molar-refractivity contribution >= 4 is 45.3 Å². The standard InChI is InChI=1S/C28H38N2O9S/c1-4-38-26(33)11-8-6-10-18-29-20(2)28(3,22-19-21(40(35,36)37)13-14-23(22)29)17-9-5-7-12-27(34)39-30-24(31)15-16-25(30)32/h13-14,19H,4-12,15-18H2,1-3H3. The molecule has 11 nitrogen and oxygen atoms in total. The molecule has 1 atom stereocenters. The number of rotatable bonds is 15. The van der Waals surface area contributed by atoms with Crippen molar-refractivity contribution < 1.29 is 46.3 Å². The minimum atomic E-state index is -4.63. The molecule has 0 saturated carbocycles. The molecule has 1 aromatic carbocycles. The number of benzene rings is 1. The van der Waals surface area contributed by atoms with E-state index in [9.17, 15) is 32.1 Å². The maximum Gasteiger partial charge on any atom is 0.333 e. The normalized spacial score (nSPS) is 18.9. The number of carbonyl (C=O) groups excluding carboxylic acids is 4. The van der Waals surface area contributed by atoms with Crippen molar-refractivity contribution in [1.82, 2.24) is 5.06 Å². The van der Waals surface area contributed by atoms with E-state index < -0.39 is 33.3 Å². The van der Waals surface area contributed by atoms with Gasteiger partial charge in [-0.15, -0.1) is 5.06 Å². The Kier molecular flexibility index (Phi) is 10.6. The van der Waals surface area contributed by atoms with Gasteiger partial charge in [0.2, 0.25) is 5.69 Å². The molecule has 0 spiro atoms. The molecule has 1 aromatic rings. The Hall–Kier alpha value is -3.12. The Balaban J connectivity index is 1.62. The van der Waals surface area contributed by atoms with E-state index in [-0.39, 0.29) is 30.1 Å². The number of nitrogens with zero attached hydrogens (tertiary/aromatic N) is 2. The van der Waals surface area contributed by atoms with Gasteiger partial charge in [-0.05, 0) is 51.7 Å². The average Bonchev–Trinajstić information content (AvgIpc) is 3.31. The zero-order valence-corrected chi connectivity index (χ0v) is 24.2. The Bertz CT molecular complexity index is 1270. The summed E-state index contributed by atoms with van der Waals surface area (Å²) in [6, 6.07) is 4.50. The Morgan fingerprint density at radius 2 is 1.62 bits per heavy atom. The third kappa shape index (κ3) is 7.54. The first kappa shape index (κ1) is 31.4. The number of fused-ring (bicyclic) bond motifs is 1. The second-order valence-electron chi connectivity index (χ2n) is 10.4. The van der Waals surface area contributed by atoms with Crippen LogP contribution < -0.4 is 0 Å². The molecule has 40 heavy (non-hydrogen) atoms. The van der Waals surface area contributed by atoms with Crippen molar-refractivity contribution in [1.29, 1.82) is 0 Å². The van der Waals surface area contributed by atoms with E-state index in [1.54, 1.807) is 13.0 Å². The number of amides is 2. The SMILES string of the molecule is CCOC(=O)CCCCC[N+]1=C(C)C(C)(CCCCCC(=O)ON2C(=O)CCC2=O)c2cc(S(=O)(=O)[O-])ccc21. The highest BCUT2D eigenvalue weighted by Crippen LogP contribution is 2.44. The average molecular weight is 579 g/mol. The fourth-order valence-corrected chi connectivity index (χ4v) is 5.80. The monoisotopic (exact) mass is 578 g/mol. The van der Waals surface area contributed by atoms with Gasteiger partial charge in [-0.3, -0.25) is 14.4 Å². The van der Waals surface area contributed by atoms with Crippen LogP contribution in [0.25, 0.3) is 0 Å². The van der Waals surface area contributed by atoms with Crippen LogP contribution in [0, 0.1) is 0 Å². The number of imide groups is 1. The molecule has 0 aliphatic carbocycles. The highest BCUT2D eigenvalue weighted by Gasteiger charge is 2.46. The first-order valence-corrected chi connectivity index (χ1v) is 15.2. The Morgan fingerprint density at radius 3 is 2.25 bits per heavy atom. The lowest BCUT2D eigenvalue weighted by Crippen LogP contribution is -2.32. The molecule has 220 valence electrons. The number of esters is 1. The molecular weight excluding hydrogens is 540 g/mol. The molecule has 2 amide bonds. The molecule has 2 aliphatic rings. The van der Waals surface area contributed by atoms with Gasteiger partial charge in [-0.1, -0.05) is 12.8 Å². The number of ether oxygens (including phenoxy) is 1. The van der Waals surface area contributed by atoms with E-state index >= 15 is 0 Å². The minimum Gasteiger partial charge on any atom is -0.744 e. The summed E-state index contributed by atoms with van der Waals surface area (Å²) in [6.07, 6.45) is 5.41. The fourth-order valence-electron chi connectivity index (χ4n) is 5.30. The lowest BCUT2D eigenvalue weighted by atomic mass is 9.76. The van der Waals surface area contributed by atoms with Crippen LogP contribution in [-0.2, 0) is 44.3 Å². The van der Waals surface area contributed by atoms with Crippen molar-refractivity contribution in [3.05, 3.63) is 23.8 Å². The maximum absolute atomic E-state index is 12.1. The molecule has 1 unspecified atom stereocenters. The summed E-state index contributed by atoms with van der Waals surface area (Å²) in [5.41, 5.74) is 2.16. The van der Waals surface area contributed by atoms with Crippen LogP contribution in [0.5, 0.6) is 0 Å². The van der Waals surface area contributed by atoms with Gasteiger partial charge in [-0.25, -0.2) is 13.2 Å². The number of carbonyl (C=O) groups is 4.